The Morgan fingerprint density at radius 2 is 2.25 bits per heavy atom. The molecule has 1 fully saturated rings. The Labute approximate surface area is 127 Å². The zero-order valence-electron chi connectivity index (χ0n) is 11.6. The van der Waals surface area contributed by atoms with Gasteiger partial charge in [0.15, 0.2) is 0 Å². The molecule has 1 aromatic rings. The van der Waals surface area contributed by atoms with Crippen LogP contribution in [0.15, 0.2) is 22.7 Å². The number of ether oxygens (including phenoxy) is 1. The number of halogens is 1. The number of nitrogens with zero attached hydrogens (tertiary/aromatic N) is 1. The lowest BCUT2D eigenvalue weighted by atomic mass is 10.1. The van der Waals surface area contributed by atoms with E-state index < -0.39 is 0 Å². The minimum Gasteiger partial charge on any atom is -0.497 e. The molecule has 0 aliphatic carbocycles. The van der Waals surface area contributed by atoms with Crippen molar-refractivity contribution in [1.29, 1.82) is 0 Å². The fourth-order valence-electron chi connectivity index (χ4n) is 2.58. The fourth-order valence-corrected chi connectivity index (χ4v) is 3.00. The van der Waals surface area contributed by atoms with E-state index in [1.165, 1.54) is 0 Å². The van der Waals surface area contributed by atoms with Crippen LogP contribution in [0.5, 0.6) is 5.75 Å². The Kier molecular flexibility index (Phi) is 5.43. The molecule has 1 amide bonds. The zero-order chi connectivity index (χ0) is 14.5. The maximum atomic E-state index is 12.7. The van der Waals surface area contributed by atoms with Gasteiger partial charge in [-0.05, 0) is 47.0 Å². The van der Waals surface area contributed by atoms with Gasteiger partial charge in [-0.15, -0.1) is 0 Å². The largest absolute Gasteiger partial charge is 0.497 e. The number of hydrogen-bond donors (Lipinski definition) is 1. The van der Waals surface area contributed by atoms with Gasteiger partial charge in [0.1, 0.15) is 5.75 Å². The Morgan fingerprint density at radius 1 is 1.45 bits per heavy atom. The fraction of sp³-hybridized carbons (Fsp3) is 0.533. The van der Waals surface area contributed by atoms with Crippen molar-refractivity contribution in [2.75, 3.05) is 20.3 Å². The van der Waals surface area contributed by atoms with Crippen LogP contribution in [0.1, 0.15) is 36.0 Å². The van der Waals surface area contributed by atoms with Crippen molar-refractivity contribution in [3.8, 4) is 5.75 Å². The summed E-state index contributed by atoms with van der Waals surface area (Å²) in [7, 11) is 1.58. The van der Waals surface area contributed by atoms with Gasteiger partial charge in [-0.3, -0.25) is 4.79 Å². The Hall–Kier alpha value is -1.07. The quantitative estimate of drug-likeness (QED) is 0.919. The van der Waals surface area contributed by atoms with Crippen LogP contribution in [0, 0.1) is 0 Å². The van der Waals surface area contributed by atoms with E-state index in [1.807, 2.05) is 12.1 Å². The van der Waals surface area contributed by atoms with Crippen molar-refractivity contribution in [2.24, 2.45) is 0 Å². The maximum absolute atomic E-state index is 12.7. The van der Waals surface area contributed by atoms with Crippen molar-refractivity contribution >= 4 is 21.8 Å². The van der Waals surface area contributed by atoms with Crippen LogP contribution < -0.4 is 4.74 Å². The van der Waals surface area contributed by atoms with Crippen molar-refractivity contribution in [3.63, 3.8) is 0 Å². The van der Waals surface area contributed by atoms with E-state index in [0.717, 1.165) is 30.2 Å². The highest BCUT2D eigenvalue weighted by Crippen LogP contribution is 2.26. The van der Waals surface area contributed by atoms with Gasteiger partial charge >= 0.3 is 0 Å². The molecule has 0 bridgehead atoms. The van der Waals surface area contributed by atoms with Crippen LogP contribution in [0.2, 0.25) is 0 Å². The van der Waals surface area contributed by atoms with E-state index >= 15 is 0 Å². The van der Waals surface area contributed by atoms with Gasteiger partial charge < -0.3 is 14.7 Å². The van der Waals surface area contributed by atoms with E-state index in [4.69, 9.17) is 4.74 Å². The minimum atomic E-state index is -0.0805. The summed E-state index contributed by atoms with van der Waals surface area (Å²) in [5.74, 6) is 0.614. The lowest BCUT2D eigenvalue weighted by molar-refractivity contribution is 0.0598. The number of aliphatic hydroxyl groups excluding tert-OH is 1. The van der Waals surface area contributed by atoms with Gasteiger partial charge in [-0.1, -0.05) is 12.8 Å². The molecule has 4 nitrogen and oxygen atoms in total. The highest BCUT2D eigenvalue weighted by molar-refractivity contribution is 9.10. The van der Waals surface area contributed by atoms with Gasteiger partial charge in [0.2, 0.25) is 0 Å². The first-order valence-corrected chi connectivity index (χ1v) is 7.72. The van der Waals surface area contributed by atoms with Crippen LogP contribution in [0.3, 0.4) is 0 Å². The number of aliphatic hydroxyl groups is 1. The van der Waals surface area contributed by atoms with Crippen molar-refractivity contribution in [2.45, 2.75) is 31.7 Å². The zero-order valence-corrected chi connectivity index (χ0v) is 13.2. The van der Waals surface area contributed by atoms with Gasteiger partial charge in [0.25, 0.3) is 5.91 Å². The van der Waals surface area contributed by atoms with Gasteiger partial charge in [-0.25, -0.2) is 0 Å². The molecule has 0 aromatic heterocycles. The molecule has 1 atom stereocenters. The van der Waals surface area contributed by atoms with Crippen LogP contribution in [-0.2, 0) is 0 Å². The Morgan fingerprint density at radius 3 is 2.95 bits per heavy atom. The molecular weight excluding hydrogens is 322 g/mol. The van der Waals surface area contributed by atoms with Crippen LogP contribution in [-0.4, -0.2) is 42.2 Å². The maximum Gasteiger partial charge on any atom is 0.255 e. The summed E-state index contributed by atoms with van der Waals surface area (Å²) < 4.78 is 5.94. The summed E-state index contributed by atoms with van der Waals surface area (Å²) >= 11 is 3.42. The van der Waals surface area contributed by atoms with Crippen molar-refractivity contribution in [1.82, 2.24) is 4.90 Å². The minimum absolute atomic E-state index is 0.0212. The highest BCUT2D eigenvalue weighted by Gasteiger charge is 2.27. The van der Waals surface area contributed by atoms with E-state index in [2.05, 4.69) is 15.9 Å². The first kappa shape index (κ1) is 15.3. The predicted molar refractivity (Wildman–Crippen MR) is 81.1 cm³/mol. The summed E-state index contributed by atoms with van der Waals surface area (Å²) in [6.45, 7) is 0.723. The smallest absolute Gasteiger partial charge is 0.255 e. The molecule has 1 unspecified atom stereocenters. The third kappa shape index (κ3) is 3.33. The Bertz CT molecular complexity index is 478. The number of likely N-dealkylation sites (tertiary alicyclic amines) is 1. The number of carbonyl (C=O) groups is 1. The number of methoxy groups -OCH3 is 1. The standard InChI is InChI=1S/C15H20BrNO3/c1-20-12-6-7-14(16)13(9-12)15(19)17-8-4-2-3-5-11(17)10-18/h6-7,9,11,18H,2-5,8,10H2,1H3. The molecule has 20 heavy (non-hydrogen) atoms. The second-order valence-electron chi connectivity index (χ2n) is 5.03. The highest BCUT2D eigenvalue weighted by atomic mass is 79.9. The van der Waals surface area contributed by atoms with Crippen LogP contribution in [0.25, 0.3) is 0 Å². The van der Waals surface area contributed by atoms with Crippen LogP contribution in [0.4, 0.5) is 0 Å². The third-order valence-corrected chi connectivity index (χ3v) is 4.44. The van der Waals surface area contributed by atoms with E-state index in [0.29, 0.717) is 17.9 Å². The normalized spacial score (nSPS) is 19.6. The molecular formula is C15H20BrNO3. The summed E-state index contributed by atoms with van der Waals surface area (Å²) in [6, 6.07) is 5.29. The molecule has 1 heterocycles. The van der Waals surface area contributed by atoms with Gasteiger partial charge in [-0.2, -0.15) is 0 Å². The number of benzene rings is 1. The molecule has 110 valence electrons. The molecule has 5 heteroatoms. The average molecular weight is 342 g/mol. The third-order valence-electron chi connectivity index (χ3n) is 3.75. The molecule has 1 saturated heterocycles. The molecule has 1 aromatic carbocycles. The average Bonchev–Trinajstić information content (AvgIpc) is 2.72. The van der Waals surface area contributed by atoms with Gasteiger partial charge in [0.05, 0.1) is 25.3 Å². The number of hydrogen-bond acceptors (Lipinski definition) is 3. The lowest BCUT2D eigenvalue weighted by Gasteiger charge is -2.29. The molecule has 1 aliphatic rings. The molecule has 1 aliphatic heterocycles. The second-order valence-corrected chi connectivity index (χ2v) is 5.88. The first-order valence-electron chi connectivity index (χ1n) is 6.92. The number of rotatable bonds is 3. The molecule has 0 saturated carbocycles. The second kappa shape index (κ2) is 7.09. The summed E-state index contributed by atoms with van der Waals surface area (Å²) in [6.07, 6.45) is 4.03. The molecule has 0 radical (unpaired) electrons. The molecule has 2 rings (SSSR count). The lowest BCUT2D eigenvalue weighted by Crippen LogP contribution is -2.42. The molecule has 1 N–H and O–H groups in total. The van der Waals surface area contributed by atoms with E-state index in [1.54, 1.807) is 18.1 Å². The van der Waals surface area contributed by atoms with E-state index in [9.17, 15) is 9.90 Å². The molecule has 0 spiro atoms. The van der Waals surface area contributed by atoms with Crippen molar-refractivity contribution < 1.29 is 14.6 Å². The summed E-state index contributed by atoms with van der Waals surface area (Å²) in [5.41, 5.74) is 0.588. The number of carbonyl (C=O) groups excluding carboxylic acids is 1. The number of amides is 1. The van der Waals surface area contributed by atoms with E-state index in [-0.39, 0.29) is 18.6 Å². The topological polar surface area (TPSA) is 49.8 Å². The van der Waals surface area contributed by atoms with Crippen molar-refractivity contribution in [3.05, 3.63) is 28.2 Å². The summed E-state index contributed by atoms with van der Waals surface area (Å²) in [5, 5.41) is 9.52. The predicted octanol–water partition coefficient (Wildman–Crippen LogP) is 2.83. The first-order chi connectivity index (χ1) is 9.67. The van der Waals surface area contributed by atoms with Gasteiger partial charge in [0, 0.05) is 11.0 Å². The monoisotopic (exact) mass is 341 g/mol. The summed E-state index contributed by atoms with van der Waals surface area (Å²) in [4.78, 5) is 14.5. The SMILES string of the molecule is COc1ccc(Br)c(C(=O)N2CCCCCC2CO)c1. The van der Waals surface area contributed by atoms with Crippen LogP contribution >= 0.6 is 15.9 Å². The Balaban J connectivity index is 2.28.